The maximum atomic E-state index is 12.3. The largest absolute Gasteiger partial charge is 0.483 e. The molecule has 0 spiro atoms. The molecule has 0 aliphatic carbocycles. The van der Waals surface area contributed by atoms with Gasteiger partial charge in [0.2, 0.25) is 5.95 Å². The van der Waals surface area contributed by atoms with E-state index in [0.29, 0.717) is 13.1 Å². The maximum Gasteiger partial charge on any atom is 0.260 e. The van der Waals surface area contributed by atoms with Gasteiger partial charge in [0, 0.05) is 38.6 Å². The van der Waals surface area contributed by atoms with Crippen LogP contribution in [0, 0.1) is 3.57 Å². The lowest BCUT2D eigenvalue weighted by Crippen LogP contribution is -2.50. The summed E-state index contributed by atoms with van der Waals surface area (Å²) < 4.78 is 6.63. The number of carbonyl (C=O) groups excluding carboxylic acids is 1. The summed E-state index contributed by atoms with van der Waals surface area (Å²) in [7, 11) is 0. The molecule has 0 N–H and O–H groups in total. The molecule has 2 heterocycles. The van der Waals surface area contributed by atoms with Gasteiger partial charge in [-0.15, -0.1) is 0 Å². The first-order valence-electron chi connectivity index (χ1n) is 7.41. The van der Waals surface area contributed by atoms with Gasteiger partial charge in [-0.1, -0.05) is 12.1 Å². The molecule has 6 nitrogen and oxygen atoms in total. The molecule has 1 saturated heterocycles. The number of para-hydroxylation sites is 1. The summed E-state index contributed by atoms with van der Waals surface area (Å²) in [6, 6.07) is 9.48. The Hall–Kier alpha value is -1.90. The quantitative estimate of drug-likeness (QED) is 0.701. The zero-order valence-electron chi connectivity index (χ0n) is 12.6. The van der Waals surface area contributed by atoms with Crippen LogP contribution in [0.25, 0.3) is 0 Å². The van der Waals surface area contributed by atoms with Gasteiger partial charge >= 0.3 is 0 Å². The molecule has 3 rings (SSSR count). The minimum atomic E-state index is 0.0123. The second kappa shape index (κ2) is 7.58. The Kier molecular flexibility index (Phi) is 5.27. The summed E-state index contributed by atoms with van der Waals surface area (Å²) in [5.74, 6) is 1.48. The first-order valence-corrected chi connectivity index (χ1v) is 8.49. The highest BCUT2D eigenvalue weighted by atomic mass is 127. The zero-order valence-corrected chi connectivity index (χ0v) is 14.7. The lowest BCUT2D eigenvalue weighted by molar-refractivity contribution is -0.133. The summed E-state index contributed by atoms with van der Waals surface area (Å²) in [4.78, 5) is 24.7. The van der Waals surface area contributed by atoms with Crippen molar-refractivity contribution in [3.8, 4) is 5.75 Å². The van der Waals surface area contributed by atoms with Gasteiger partial charge in [0.15, 0.2) is 6.61 Å². The summed E-state index contributed by atoms with van der Waals surface area (Å²) >= 11 is 2.20. The highest BCUT2D eigenvalue weighted by Crippen LogP contribution is 2.19. The molecule has 23 heavy (non-hydrogen) atoms. The standard InChI is InChI=1S/C16H17IN4O2/c17-13-4-1-2-5-14(13)23-12-15(22)20-8-10-21(11-9-20)16-18-6-3-7-19-16/h1-7H,8-12H2. The molecule has 120 valence electrons. The number of nitrogens with zero attached hydrogens (tertiary/aromatic N) is 4. The Morgan fingerprint density at radius 3 is 2.48 bits per heavy atom. The Morgan fingerprint density at radius 1 is 1.09 bits per heavy atom. The number of carbonyl (C=O) groups is 1. The van der Waals surface area contributed by atoms with E-state index >= 15 is 0 Å². The highest BCUT2D eigenvalue weighted by Gasteiger charge is 2.22. The second-order valence-corrected chi connectivity index (χ2v) is 6.30. The molecule has 7 heteroatoms. The summed E-state index contributed by atoms with van der Waals surface area (Å²) in [5.41, 5.74) is 0. The van der Waals surface area contributed by atoms with Crippen LogP contribution in [-0.4, -0.2) is 53.6 Å². The van der Waals surface area contributed by atoms with Crippen molar-refractivity contribution in [1.82, 2.24) is 14.9 Å². The van der Waals surface area contributed by atoms with Gasteiger partial charge < -0.3 is 14.5 Å². The van der Waals surface area contributed by atoms with Gasteiger partial charge in [-0.3, -0.25) is 4.79 Å². The van der Waals surface area contributed by atoms with Crippen LogP contribution < -0.4 is 9.64 Å². The van der Waals surface area contributed by atoms with Crippen LogP contribution in [0.4, 0.5) is 5.95 Å². The molecule has 1 aliphatic heterocycles. The van der Waals surface area contributed by atoms with Gasteiger partial charge in [0.25, 0.3) is 5.91 Å². The number of halogens is 1. The van der Waals surface area contributed by atoms with Gasteiger partial charge in [-0.2, -0.15) is 0 Å². The van der Waals surface area contributed by atoms with Gasteiger partial charge in [-0.25, -0.2) is 9.97 Å². The van der Waals surface area contributed by atoms with Crippen LogP contribution in [0.2, 0.25) is 0 Å². The second-order valence-electron chi connectivity index (χ2n) is 5.14. The number of ether oxygens (including phenoxy) is 1. The van der Waals surface area contributed by atoms with E-state index in [1.54, 1.807) is 18.5 Å². The number of piperazine rings is 1. The predicted octanol–water partition coefficient (Wildman–Crippen LogP) is 1.81. The SMILES string of the molecule is O=C(COc1ccccc1I)N1CCN(c2ncccn2)CC1. The van der Waals surface area contributed by atoms with Crippen LogP contribution in [0.5, 0.6) is 5.75 Å². The molecule has 0 atom stereocenters. The van der Waals surface area contributed by atoms with Gasteiger partial charge in [0.05, 0.1) is 3.57 Å². The fraction of sp³-hybridized carbons (Fsp3) is 0.312. The Morgan fingerprint density at radius 2 is 1.78 bits per heavy atom. The average molecular weight is 424 g/mol. The fourth-order valence-electron chi connectivity index (χ4n) is 2.40. The third-order valence-electron chi connectivity index (χ3n) is 3.66. The van der Waals surface area contributed by atoms with Gasteiger partial charge in [-0.05, 0) is 40.8 Å². The topological polar surface area (TPSA) is 58.6 Å². The first kappa shape index (κ1) is 16.0. The number of aromatic nitrogens is 2. The molecule has 0 bridgehead atoms. The Bertz CT molecular complexity index is 660. The molecule has 0 saturated carbocycles. The smallest absolute Gasteiger partial charge is 0.260 e. The van der Waals surface area contributed by atoms with Gasteiger partial charge in [0.1, 0.15) is 5.75 Å². The first-order chi connectivity index (χ1) is 11.2. The van der Waals surface area contributed by atoms with Crippen LogP contribution in [-0.2, 0) is 4.79 Å². The molecule has 1 fully saturated rings. The fourth-order valence-corrected chi connectivity index (χ4v) is 2.95. The normalized spacial score (nSPS) is 14.7. The molecular formula is C16H17IN4O2. The summed E-state index contributed by atoms with van der Waals surface area (Å²) in [5, 5.41) is 0. The lowest BCUT2D eigenvalue weighted by atomic mass is 10.3. The minimum absolute atomic E-state index is 0.0123. The Labute approximate surface area is 148 Å². The van der Waals surface area contributed by atoms with Crippen LogP contribution in [0.3, 0.4) is 0 Å². The van der Waals surface area contributed by atoms with E-state index in [1.165, 1.54) is 0 Å². The van der Waals surface area contributed by atoms with E-state index in [-0.39, 0.29) is 12.5 Å². The minimum Gasteiger partial charge on any atom is -0.483 e. The van der Waals surface area contributed by atoms with Crippen LogP contribution in [0.1, 0.15) is 0 Å². The van der Waals surface area contributed by atoms with Crippen LogP contribution in [0.15, 0.2) is 42.7 Å². The van der Waals surface area contributed by atoms with Crippen molar-refractivity contribution in [3.63, 3.8) is 0 Å². The molecule has 1 aromatic carbocycles. The average Bonchev–Trinajstić information content (AvgIpc) is 2.62. The monoisotopic (exact) mass is 424 g/mol. The summed E-state index contributed by atoms with van der Waals surface area (Å²) in [6.45, 7) is 2.86. The van der Waals surface area contributed by atoms with E-state index < -0.39 is 0 Å². The van der Waals surface area contributed by atoms with E-state index in [9.17, 15) is 4.79 Å². The number of hydrogen-bond acceptors (Lipinski definition) is 5. The van der Waals surface area contributed by atoms with Crippen molar-refractivity contribution < 1.29 is 9.53 Å². The molecule has 1 aromatic heterocycles. The number of hydrogen-bond donors (Lipinski definition) is 0. The Balaban J connectivity index is 1.50. The van der Waals surface area contributed by atoms with Crippen molar-refractivity contribution in [1.29, 1.82) is 0 Å². The lowest BCUT2D eigenvalue weighted by Gasteiger charge is -2.34. The number of anilines is 1. The maximum absolute atomic E-state index is 12.3. The number of benzene rings is 1. The molecule has 2 aromatic rings. The molecule has 0 radical (unpaired) electrons. The molecule has 1 amide bonds. The van der Waals surface area contributed by atoms with Crippen molar-refractivity contribution in [3.05, 3.63) is 46.3 Å². The van der Waals surface area contributed by atoms with E-state index in [2.05, 4.69) is 37.5 Å². The van der Waals surface area contributed by atoms with E-state index in [4.69, 9.17) is 4.74 Å². The number of rotatable bonds is 4. The third-order valence-corrected chi connectivity index (χ3v) is 4.55. The number of amides is 1. The molecular weight excluding hydrogens is 407 g/mol. The zero-order chi connectivity index (χ0) is 16.1. The molecule has 0 unspecified atom stereocenters. The van der Waals surface area contributed by atoms with E-state index in [1.807, 2.05) is 29.2 Å². The van der Waals surface area contributed by atoms with Crippen LogP contribution >= 0.6 is 22.6 Å². The van der Waals surface area contributed by atoms with Crippen molar-refractivity contribution >= 4 is 34.4 Å². The third kappa shape index (κ3) is 4.10. The predicted molar refractivity (Wildman–Crippen MR) is 95.5 cm³/mol. The molecule has 1 aliphatic rings. The van der Waals surface area contributed by atoms with Crippen molar-refractivity contribution in [2.45, 2.75) is 0 Å². The van der Waals surface area contributed by atoms with Crippen molar-refractivity contribution in [2.75, 3.05) is 37.7 Å². The van der Waals surface area contributed by atoms with E-state index in [0.717, 1.165) is 28.4 Å². The highest BCUT2D eigenvalue weighted by molar-refractivity contribution is 14.1. The summed E-state index contributed by atoms with van der Waals surface area (Å²) in [6.07, 6.45) is 3.46. The van der Waals surface area contributed by atoms with Crippen molar-refractivity contribution in [2.24, 2.45) is 0 Å².